The van der Waals surface area contributed by atoms with Crippen LogP contribution in [0.25, 0.3) is 0 Å². The number of hydrogen-bond acceptors (Lipinski definition) is 4. The van der Waals surface area contributed by atoms with E-state index in [1.807, 2.05) is 73.7 Å². The summed E-state index contributed by atoms with van der Waals surface area (Å²) in [7, 11) is 0. The number of nitrogens with one attached hydrogen (secondary N) is 2. The van der Waals surface area contributed by atoms with E-state index in [0.29, 0.717) is 18.9 Å². The third kappa shape index (κ3) is 6.98. The highest BCUT2D eigenvalue weighted by molar-refractivity contribution is 5.90. The van der Waals surface area contributed by atoms with Crippen molar-refractivity contribution in [2.24, 2.45) is 5.10 Å². The van der Waals surface area contributed by atoms with Crippen LogP contribution in [0.5, 0.6) is 11.5 Å². The number of amides is 2. The predicted molar refractivity (Wildman–Crippen MR) is 119 cm³/mol. The number of hydrogen-bond donors (Lipinski definition) is 2. The van der Waals surface area contributed by atoms with Crippen molar-refractivity contribution in [1.29, 1.82) is 0 Å². The van der Waals surface area contributed by atoms with Crippen LogP contribution in [0.3, 0.4) is 0 Å². The number of ether oxygens (including phenoxy) is 2. The van der Waals surface area contributed by atoms with Crippen LogP contribution in [0.4, 0.5) is 10.5 Å². The Morgan fingerprint density at radius 3 is 2.37 bits per heavy atom. The molecular weight excluding hydrogens is 378 g/mol. The van der Waals surface area contributed by atoms with Gasteiger partial charge in [0.2, 0.25) is 0 Å². The molecule has 3 aromatic carbocycles. The number of urea groups is 1. The van der Waals surface area contributed by atoms with Crippen LogP contribution in [-0.2, 0) is 0 Å². The van der Waals surface area contributed by atoms with Crippen molar-refractivity contribution in [3.8, 4) is 11.5 Å². The highest BCUT2D eigenvalue weighted by Crippen LogP contribution is 2.16. The van der Waals surface area contributed by atoms with Gasteiger partial charge in [0, 0.05) is 12.1 Å². The topological polar surface area (TPSA) is 72.0 Å². The van der Waals surface area contributed by atoms with Gasteiger partial charge in [0.15, 0.2) is 0 Å². The molecule has 0 aliphatic heterocycles. The number of aryl methyl sites for hydroxylation is 1. The second kappa shape index (κ2) is 11.3. The molecule has 2 N–H and O–H groups in total. The van der Waals surface area contributed by atoms with Gasteiger partial charge in [-0.25, -0.2) is 10.2 Å². The van der Waals surface area contributed by atoms with E-state index in [1.54, 1.807) is 18.3 Å². The SMILES string of the molecule is Cc1ccccc1OCCCOc1ccc(/C=N/NC(=O)Nc2ccccc2)cc1. The number of para-hydroxylation sites is 2. The first kappa shape index (κ1) is 20.9. The van der Waals surface area contributed by atoms with Gasteiger partial charge in [-0.2, -0.15) is 5.10 Å². The summed E-state index contributed by atoms with van der Waals surface area (Å²) in [5.41, 5.74) is 5.12. The zero-order valence-electron chi connectivity index (χ0n) is 16.9. The molecular formula is C24H25N3O3. The Bertz CT molecular complexity index is 957. The average Bonchev–Trinajstić information content (AvgIpc) is 2.76. The summed E-state index contributed by atoms with van der Waals surface area (Å²) in [6.07, 6.45) is 2.36. The Kier molecular flexibility index (Phi) is 7.85. The van der Waals surface area contributed by atoms with Crippen molar-refractivity contribution in [2.45, 2.75) is 13.3 Å². The normalized spacial score (nSPS) is 10.6. The van der Waals surface area contributed by atoms with Crippen LogP contribution < -0.4 is 20.2 Å². The number of carbonyl (C=O) groups excluding carboxylic acids is 1. The molecule has 3 rings (SSSR count). The molecule has 3 aromatic rings. The molecule has 154 valence electrons. The van der Waals surface area contributed by atoms with Crippen LogP contribution >= 0.6 is 0 Å². The van der Waals surface area contributed by atoms with Gasteiger partial charge in [0.1, 0.15) is 11.5 Å². The van der Waals surface area contributed by atoms with Gasteiger partial charge in [-0.15, -0.1) is 0 Å². The van der Waals surface area contributed by atoms with Gasteiger partial charge in [0.05, 0.1) is 19.4 Å². The third-order valence-electron chi connectivity index (χ3n) is 4.20. The molecule has 2 amide bonds. The van der Waals surface area contributed by atoms with Crippen LogP contribution in [-0.4, -0.2) is 25.5 Å². The predicted octanol–water partition coefficient (Wildman–Crippen LogP) is 5.00. The molecule has 30 heavy (non-hydrogen) atoms. The van der Waals surface area contributed by atoms with Gasteiger partial charge in [-0.1, -0.05) is 36.4 Å². The number of hydrazone groups is 1. The monoisotopic (exact) mass is 403 g/mol. The Labute approximate surface area is 176 Å². The Morgan fingerprint density at radius 1 is 0.900 bits per heavy atom. The van der Waals surface area contributed by atoms with Gasteiger partial charge in [0.25, 0.3) is 0 Å². The summed E-state index contributed by atoms with van der Waals surface area (Å²) in [6.45, 7) is 3.20. The molecule has 0 saturated carbocycles. The van der Waals surface area contributed by atoms with Crippen molar-refractivity contribution in [3.63, 3.8) is 0 Å². The second-order valence-corrected chi connectivity index (χ2v) is 6.58. The van der Waals surface area contributed by atoms with Crippen LogP contribution in [0.15, 0.2) is 84.0 Å². The molecule has 0 bridgehead atoms. The molecule has 0 aliphatic carbocycles. The molecule has 0 fully saturated rings. The first-order chi connectivity index (χ1) is 14.7. The van der Waals surface area contributed by atoms with Crippen molar-refractivity contribution >= 4 is 17.9 Å². The molecule has 6 nitrogen and oxygen atoms in total. The molecule has 6 heteroatoms. The highest BCUT2D eigenvalue weighted by atomic mass is 16.5. The fraction of sp³-hybridized carbons (Fsp3) is 0.167. The van der Waals surface area contributed by atoms with E-state index in [0.717, 1.165) is 29.0 Å². The minimum absolute atomic E-state index is 0.398. The van der Waals surface area contributed by atoms with Crippen molar-refractivity contribution < 1.29 is 14.3 Å². The molecule has 0 unspecified atom stereocenters. The molecule has 0 spiro atoms. The molecule has 0 radical (unpaired) electrons. The van der Waals surface area contributed by atoms with E-state index in [-0.39, 0.29) is 0 Å². The van der Waals surface area contributed by atoms with Gasteiger partial charge >= 0.3 is 6.03 Å². The zero-order valence-corrected chi connectivity index (χ0v) is 16.9. The van der Waals surface area contributed by atoms with E-state index >= 15 is 0 Å². The molecule has 0 aromatic heterocycles. The third-order valence-corrected chi connectivity index (χ3v) is 4.20. The summed E-state index contributed by atoms with van der Waals surface area (Å²) >= 11 is 0. The summed E-state index contributed by atoms with van der Waals surface area (Å²) in [5.74, 6) is 1.69. The number of carbonyl (C=O) groups is 1. The molecule has 0 aliphatic rings. The fourth-order valence-corrected chi connectivity index (χ4v) is 2.65. The lowest BCUT2D eigenvalue weighted by Gasteiger charge is -2.09. The van der Waals surface area contributed by atoms with Crippen molar-refractivity contribution in [2.75, 3.05) is 18.5 Å². The number of anilines is 1. The van der Waals surface area contributed by atoms with Gasteiger partial charge in [-0.05, 0) is 60.5 Å². The van der Waals surface area contributed by atoms with E-state index in [2.05, 4.69) is 15.8 Å². The quantitative estimate of drug-likeness (QED) is 0.300. The highest BCUT2D eigenvalue weighted by Gasteiger charge is 2.00. The van der Waals surface area contributed by atoms with Crippen LogP contribution in [0, 0.1) is 6.92 Å². The Morgan fingerprint density at radius 2 is 1.60 bits per heavy atom. The Hall–Kier alpha value is -3.80. The lowest BCUT2D eigenvalue weighted by molar-refractivity contribution is 0.246. The van der Waals surface area contributed by atoms with Gasteiger partial charge < -0.3 is 14.8 Å². The maximum atomic E-state index is 11.8. The number of benzene rings is 3. The summed E-state index contributed by atoms with van der Waals surface area (Å²) < 4.78 is 11.5. The first-order valence-corrected chi connectivity index (χ1v) is 9.77. The van der Waals surface area contributed by atoms with Crippen molar-refractivity contribution in [1.82, 2.24) is 5.43 Å². The number of rotatable bonds is 9. The lowest BCUT2D eigenvalue weighted by Crippen LogP contribution is -2.24. The standard InChI is InChI=1S/C24H25N3O3/c1-19-8-5-6-11-23(19)30-17-7-16-29-22-14-12-20(13-15-22)18-25-27-24(28)26-21-9-3-2-4-10-21/h2-6,8-15,18H,7,16-17H2,1H3,(H2,26,27,28)/b25-18+. The first-order valence-electron chi connectivity index (χ1n) is 9.77. The second-order valence-electron chi connectivity index (χ2n) is 6.58. The Balaban J connectivity index is 1.34. The van der Waals surface area contributed by atoms with Crippen molar-refractivity contribution in [3.05, 3.63) is 90.0 Å². The smallest absolute Gasteiger partial charge is 0.339 e. The molecule has 0 heterocycles. The van der Waals surface area contributed by atoms with Crippen LogP contribution in [0.1, 0.15) is 17.5 Å². The average molecular weight is 403 g/mol. The minimum Gasteiger partial charge on any atom is -0.493 e. The summed E-state index contributed by atoms with van der Waals surface area (Å²) in [5, 5.41) is 6.64. The molecule has 0 atom stereocenters. The summed E-state index contributed by atoms with van der Waals surface area (Å²) in [6, 6.07) is 24.2. The fourth-order valence-electron chi connectivity index (χ4n) is 2.65. The zero-order chi connectivity index (χ0) is 21.0. The maximum absolute atomic E-state index is 11.8. The number of nitrogens with zero attached hydrogens (tertiary/aromatic N) is 1. The van der Waals surface area contributed by atoms with E-state index in [9.17, 15) is 4.79 Å². The maximum Gasteiger partial charge on any atom is 0.339 e. The van der Waals surface area contributed by atoms with E-state index in [4.69, 9.17) is 9.47 Å². The lowest BCUT2D eigenvalue weighted by atomic mass is 10.2. The largest absolute Gasteiger partial charge is 0.493 e. The molecule has 0 saturated heterocycles. The van der Waals surface area contributed by atoms with E-state index in [1.165, 1.54) is 0 Å². The minimum atomic E-state index is -0.398. The summed E-state index contributed by atoms with van der Waals surface area (Å²) in [4.78, 5) is 11.8. The van der Waals surface area contributed by atoms with Crippen LogP contribution in [0.2, 0.25) is 0 Å². The van der Waals surface area contributed by atoms with Gasteiger partial charge in [-0.3, -0.25) is 0 Å². The van der Waals surface area contributed by atoms with E-state index < -0.39 is 6.03 Å².